The Labute approximate surface area is 141 Å². The first-order chi connectivity index (χ1) is 11.1. The Kier molecular flexibility index (Phi) is 5.06. The molecule has 0 unspecified atom stereocenters. The van der Waals surface area contributed by atoms with Gasteiger partial charge in [0, 0.05) is 37.2 Å². The van der Waals surface area contributed by atoms with E-state index in [1.54, 1.807) is 12.1 Å². The van der Waals surface area contributed by atoms with Gasteiger partial charge in [0.05, 0.1) is 6.42 Å². The summed E-state index contributed by atoms with van der Waals surface area (Å²) in [6.45, 7) is 2.62. The number of rotatable bonds is 3. The van der Waals surface area contributed by atoms with Crippen molar-refractivity contribution in [1.29, 1.82) is 0 Å². The average molecular weight is 336 g/mol. The van der Waals surface area contributed by atoms with Gasteiger partial charge in [0.1, 0.15) is 0 Å². The fourth-order valence-electron chi connectivity index (χ4n) is 2.75. The summed E-state index contributed by atoms with van der Waals surface area (Å²) in [5.41, 5.74) is 0.965. The minimum Gasteiger partial charge on any atom is -0.341 e. The van der Waals surface area contributed by atoms with E-state index < -0.39 is 0 Å². The quantitative estimate of drug-likeness (QED) is 0.921. The minimum atomic E-state index is 0.0134. The molecule has 1 aliphatic carbocycles. The first kappa shape index (κ1) is 16.1. The second-order valence-corrected chi connectivity index (χ2v) is 6.68. The molecule has 0 radical (unpaired) electrons. The van der Waals surface area contributed by atoms with Crippen LogP contribution in [0.25, 0.3) is 0 Å². The number of nitrogens with one attached hydrogen (secondary N) is 1. The molecule has 2 aliphatic rings. The highest BCUT2D eigenvalue weighted by atomic mass is 35.5. The number of urea groups is 1. The van der Waals surface area contributed by atoms with Crippen molar-refractivity contribution in [3.8, 4) is 0 Å². The van der Waals surface area contributed by atoms with Crippen molar-refractivity contribution in [3.05, 3.63) is 34.9 Å². The van der Waals surface area contributed by atoms with E-state index >= 15 is 0 Å². The van der Waals surface area contributed by atoms with E-state index in [0.29, 0.717) is 43.7 Å². The van der Waals surface area contributed by atoms with Gasteiger partial charge in [-0.15, -0.1) is 0 Å². The van der Waals surface area contributed by atoms with Crippen LogP contribution >= 0.6 is 11.6 Å². The van der Waals surface area contributed by atoms with E-state index in [9.17, 15) is 9.59 Å². The molecule has 1 saturated carbocycles. The molecule has 1 aliphatic heterocycles. The lowest BCUT2D eigenvalue weighted by Gasteiger charge is -2.22. The molecule has 124 valence electrons. The Morgan fingerprint density at radius 1 is 1.04 bits per heavy atom. The van der Waals surface area contributed by atoms with E-state index in [4.69, 9.17) is 11.6 Å². The first-order valence-corrected chi connectivity index (χ1v) is 8.57. The molecule has 6 heteroatoms. The summed E-state index contributed by atoms with van der Waals surface area (Å²) in [5, 5.41) is 3.69. The Balaban J connectivity index is 1.51. The number of nitrogens with zero attached hydrogens (tertiary/aromatic N) is 2. The zero-order chi connectivity index (χ0) is 16.2. The lowest BCUT2D eigenvalue weighted by molar-refractivity contribution is -0.130. The van der Waals surface area contributed by atoms with E-state index in [-0.39, 0.29) is 11.9 Å². The fourth-order valence-corrected chi connectivity index (χ4v) is 2.88. The molecule has 3 rings (SSSR count). The van der Waals surface area contributed by atoms with Gasteiger partial charge in [0.25, 0.3) is 0 Å². The monoisotopic (exact) mass is 335 g/mol. The molecular formula is C17H22ClN3O2. The molecule has 2 fully saturated rings. The number of amides is 3. The van der Waals surface area contributed by atoms with Crippen molar-refractivity contribution < 1.29 is 9.59 Å². The third-order valence-corrected chi connectivity index (χ3v) is 4.56. The highest BCUT2D eigenvalue weighted by Crippen LogP contribution is 2.19. The molecule has 0 aromatic heterocycles. The summed E-state index contributed by atoms with van der Waals surface area (Å²) >= 11 is 5.87. The zero-order valence-electron chi connectivity index (χ0n) is 13.1. The molecule has 1 aromatic rings. The molecule has 1 N–H and O–H groups in total. The predicted octanol–water partition coefficient (Wildman–Crippen LogP) is 2.29. The van der Waals surface area contributed by atoms with Crippen LogP contribution < -0.4 is 5.32 Å². The van der Waals surface area contributed by atoms with Crippen LogP contribution in [0.3, 0.4) is 0 Å². The van der Waals surface area contributed by atoms with Crippen LogP contribution in [0.1, 0.15) is 24.8 Å². The predicted molar refractivity (Wildman–Crippen MR) is 89.5 cm³/mol. The Hall–Kier alpha value is -1.75. The standard InChI is InChI=1S/C17H22ClN3O2/c18-14-4-2-13(3-5-14)12-16(22)20-8-1-9-21(11-10-20)17(23)19-15-6-7-15/h2-5,15H,1,6-12H2,(H,19,23). The highest BCUT2D eigenvalue weighted by molar-refractivity contribution is 6.30. The average Bonchev–Trinajstić information content (AvgIpc) is 3.35. The molecule has 0 bridgehead atoms. The molecule has 1 heterocycles. The van der Waals surface area contributed by atoms with Crippen molar-refractivity contribution in [1.82, 2.24) is 15.1 Å². The maximum Gasteiger partial charge on any atom is 0.317 e. The lowest BCUT2D eigenvalue weighted by atomic mass is 10.1. The van der Waals surface area contributed by atoms with Gasteiger partial charge >= 0.3 is 6.03 Å². The van der Waals surface area contributed by atoms with Crippen LogP contribution in [0, 0.1) is 0 Å². The maximum atomic E-state index is 12.4. The number of carbonyl (C=O) groups is 2. The lowest BCUT2D eigenvalue weighted by Crippen LogP contribution is -2.43. The molecule has 1 aromatic carbocycles. The van der Waals surface area contributed by atoms with Crippen LogP contribution in [0.2, 0.25) is 5.02 Å². The van der Waals surface area contributed by atoms with Crippen LogP contribution in [0.4, 0.5) is 4.79 Å². The van der Waals surface area contributed by atoms with E-state index in [1.165, 1.54) is 0 Å². The topological polar surface area (TPSA) is 52.7 Å². The van der Waals surface area contributed by atoms with Gasteiger partial charge in [-0.25, -0.2) is 4.79 Å². The summed E-state index contributed by atoms with van der Waals surface area (Å²) in [4.78, 5) is 28.2. The van der Waals surface area contributed by atoms with Crippen molar-refractivity contribution >= 4 is 23.5 Å². The summed E-state index contributed by atoms with van der Waals surface area (Å²) < 4.78 is 0. The first-order valence-electron chi connectivity index (χ1n) is 8.19. The number of halogens is 1. The number of hydrogen-bond donors (Lipinski definition) is 1. The van der Waals surface area contributed by atoms with Crippen molar-refractivity contribution in [2.45, 2.75) is 31.7 Å². The Bertz CT molecular complexity index is 572. The van der Waals surface area contributed by atoms with Crippen LogP contribution in [-0.2, 0) is 11.2 Å². The van der Waals surface area contributed by atoms with Crippen LogP contribution in [0.15, 0.2) is 24.3 Å². The van der Waals surface area contributed by atoms with Crippen molar-refractivity contribution in [2.75, 3.05) is 26.2 Å². The third kappa shape index (κ3) is 4.61. The van der Waals surface area contributed by atoms with Gasteiger partial charge in [-0.1, -0.05) is 23.7 Å². The normalized spacial score (nSPS) is 18.5. The Morgan fingerprint density at radius 3 is 2.39 bits per heavy atom. The SMILES string of the molecule is O=C(Cc1ccc(Cl)cc1)N1CCCN(C(=O)NC2CC2)CC1. The Morgan fingerprint density at radius 2 is 1.70 bits per heavy atom. The van der Waals surface area contributed by atoms with Gasteiger partial charge in [0.2, 0.25) is 5.91 Å². The molecule has 0 atom stereocenters. The zero-order valence-corrected chi connectivity index (χ0v) is 13.9. The van der Waals surface area contributed by atoms with Gasteiger partial charge in [-0.3, -0.25) is 4.79 Å². The molecule has 1 saturated heterocycles. The smallest absolute Gasteiger partial charge is 0.317 e. The van der Waals surface area contributed by atoms with Gasteiger partial charge in [0.15, 0.2) is 0 Å². The molecule has 5 nitrogen and oxygen atoms in total. The molecule has 3 amide bonds. The maximum absolute atomic E-state index is 12.4. The van der Waals surface area contributed by atoms with Gasteiger partial charge in [-0.05, 0) is 37.0 Å². The number of benzene rings is 1. The van der Waals surface area contributed by atoms with Gasteiger partial charge in [-0.2, -0.15) is 0 Å². The van der Waals surface area contributed by atoms with Crippen molar-refractivity contribution in [3.63, 3.8) is 0 Å². The second-order valence-electron chi connectivity index (χ2n) is 6.25. The number of hydrogen-bond acceptors (Lipinski definition) is 2. The second kappa shape index (κ2) is 7.21. The molecule has 0 spiro atoms. The summed E-state index contributed by atoms with van der Waals surface area (Å²) in [7, 11) is 0. The van der Waals surface area contributed by atoms with Crippen LogP contribution in [-0.4, -0.2) is 54.0 Å². The van der Waals surface area contributed by atoms with Crippen molar-refractivity contribution in [2.24, 2.45) is 0 Å². The highest BCUT2D eigenvalue weighted by Gasteiger charge is 2.27. The van der Waals surface area contributed by atoms with Gasteiger partial charge < -0.3 is 15.1 Å². The molecule has 23 heavy (non-hydrogen) atoms. The van der Waals surface area contributed by atoms with E-state index in [2.05, 4.69) is 5.32 Å². The summed E-state index contributed by atoms with van der Waals surface area (Å²) in [6.07, 6.45) is 3.38. The van der Waals surface area contributed by atoms with E-state index in [0.717, 1.165) is 24.8 Å². The summed E-state index contributed by atoms with van der Waals surface area (Å²) in [6, 6.07) is 7.75. The minimum absolute atomic E-state index is 0.0134. The largest absolute Gasteiger partial charge is 0.341 e. The molecular weight excluding hydrogens is 314 g/mol. The third-order valence-electron chi connectivity index (χ3n) is 4.31. The van der Waals surface area contributed by atoms with Crippen LogP contribution in [0.5, 0.6) is 0 Å². The number of carbonyl (C=O) groups excluding carboxylic acids is 2. The summed E-state index contributed by atoms with van der Waals surface area (Å²) in [5.74, 6) is 0.108. The fraction of sp³-hybridized carbons (Fsp3) is 0.529. The van der Waals surface area contributed by atoms with E-state index in [1.807, 2.05) is 21.9 Å².